The first-order valence-electron chi connectivity index (χ1n) is 9.09. The van der Waals surface area contributed by atoms with Crippen LogP contribution in [0.25, 0.3) is 0 Å². The van der Waals surface area contributed by atoms with E-state index in [1.165, 1.54) is 24.3 Å². The van der Waals surface area contributed by atoms with Gasteiger partial charge in [0, 0.05) is 19.2 Å². The van der Waals surface area contributed by atoms with E-state index in [1.807, 2.05) is 20.8 Å². The van der Waals surface area contributed by atoms with Crippen molar-refractivity contribution in [1.29, 1.82) is 0 Å². The highest BCUT2D eigenvalue weighted by molar-refractivity contribution is 5.97. The van der Waals surface area contributed by atoms with Crippen LogP contribution in [0.4, 0.5) is 9.18 Å². The lowest BCUT2D eigenvalue weighted by molar-refractivity contribution is 0.0251. The van der Waals surface area contributed by atoms with Gasteiger partial charge in [0.05, 0.1) is 6.54 Å². The van der Waals surface area contributed by atoms with E-state index in [2.05, 4.69) is 4.90 Å². The number of Topliss-reactive ketones (excluding diaryl/α,β-unsaturated/α-hetero) is 1. The third kappa shape index (κ3) is 6.41. The van der Waals surface area contributed by atoms with Crippen molar-refractivity contribution >= 4 is 11.9 Å². The van der Waals surface area contributed by atoms with E-state index in [0.29, 0.717) is 24.6 Å². The predicted octanol–water partition coefficient (Wildman–Crippen LogP) is 3.59. The summed E-state index contributed by atoms with van der Waals surface area (Å²) in [5.41, 5.74) is 0.0493. The number of carbonyl (C=O) groups is 2. The Hall–Kier alpha value is -1.95. The summed E-state index contributed by atoms with van der Waals surface area (Å²) in [6.45, 7) is 8.22. The van der Waals surface area contributed by atoms with Crippen LogP contribution in [0.1, 0.15) is 44.0 Å². The van der Waals surface area contributed by atoms with Crippen LogP contribution in [-0.4, -0.2) is 60.5 Å². The van der Waals surface area contributed by atoms with Crippen molar-refractivity contribution in [3.63, 3.8) is 0 Å². The van der Waals surface area contributed by atoms with Crippen molar-refractivity contribution in [2.45, 2.75) is 39.2 Å². The zero-order chi connectivity index (χ0) is 19.3. The summed E-state index contributed by atoms with van der Waals surface area (Å²) in [5, 5.41) is 0. The number of carbonyl (C=O) groups excluding carboxylic acids is 2. The molecule has 0 saturated carbocycles. The standard InChI is InChI=1S/C20H29FN2O3/c1-20(2,3)26-19(25)22(4)13-15-9-11-23(12-10-15)14-18(24)16-5-7-17(21)8-6-16/h5-8,15H,9-14H2,1-4H3. The van der Waals surface area contributed by atoms with E-state index in [4.69, 9.17) is 4.74 Å². The summed E-state index contributed by atoms with van der Waals surface area (Å²) in [5.74, 6) is 0.0792. The first kappa shape index (κ1) is 20.4. The van der Waals surface area contributed by atoms with Gasteiger partial charge in [0.25, 0.3) is 0 Å². The van der Waals surface area contributed by atoms with E-state index in [9.17, 15) is 14.0 Å². The van der Waals surface area contributed by atoms with E-state index >= 15 is 0 Å². The molecule has 0 aliphatic carbocycles. The van der Waals surface area contributed by atoms with E-state index in [1.54, 1.807) is 11.9 Å². The first-order chi connectivity index (χ1) is 12.1. The molecule has 0 aromatic heterocycles. The number of ketones is 1. The van der Waals surface area contributed by atoms with Gasteiger partial charge in [-0.2, -0.15) is 0 Å². The number of likely N-dealkylation sites (tertiary alicyclic amines) is 1. The Morgan fingerprint density at radius 2 is 1.77 bits per heavy atom. The lowest BCUT2D eigenvalue weighted by atomic mass is 9.96. The maximum absolute atomic E-state index is 12.9. The minimum absolute atomic E-state index is 0.00863. The molecule has 144 valence electrons. The van der Waals surface area contributed by atoms with Gasteiger partial charge in [0.15, 0.2) is 5.78 Å². The smallest absolute Gasteiger partial charge is 0.410 e. The quantitative estimate of drug-likeness (QED) is 0.749. The number of piperidine rings is 1. The third-order valence-corrected chi connectivity index (χ3v) is 4.48. The van der Waals surface area contributed by atoms with E-state index in [0.717, 1.165) is 25.9 Å². The lowest BCUT2D eigenvalue weighted by Gasteiger charge is -2.34. The molecule has 1 fully saturated rings. The van der Waals surface area contributed by atoms with E-state index < -0.39 is 5.60 Å². The molecule has 26 heavy (non-hydrogen) atoms. The molecular formula is C20H29FN2O3. The highest BCUT2D eigenvalue weighted by Crippen LogP contribution is 2.19. The van der Waals surface area contributed by atoms with Gasteiger partial charge in [-0.25, -0.2) is 9.18 Å². The largest absolute Gasteiger partial charge is 0.444 e. The number of hydrogen-bond acceptors (Lipinski definition) is 4. The molecule has 0 atom stereocenters. The Morgan fingerprint density at radius 1 is 1.19 bits per heavy atom. The van der Waals surface area contributed by atoms with Gasteiger partial charge >= 0.3 is 6.09 Å². The Kier molecular flexibility index (Phi) is 6.75. The van der Waals surface area contributed by atoms with Gasteiger partial charge in [0.1, 0.15) is 11.4 Å². The van der Waals surface area contributed by atoms with Crippen LogP contribution < -0.4 is 0 Å². The molecule has 0 radical (unpaired) electrons. The molecule has 0 spiro atoms. The molecule has 1 heterocycles. The minimum atomic E-state index is -0.491. The monoisotopic (exact) mass is 364 g/mol. The van der Waals surface area contributed by atoms with Gasteiger partial charge in [0.2, 0.25) is 0 Å². The summed E-state index contributed by atoms with van der Waals surface area (Å²) in [6.07, 6.45) is 1.57. The number of benzene rings is 1. The second-order valence-corrected chi connectivity index (χ2v) is 8.01. The molecule has 0 bridgehead atoms. The first-order valence-corrected chi connectivity index (χ1v) is 9.09. The molecule has 1 aliphatic rings. The Balaban J connectivity index is 1.75. The summed E-state index contributed by atoms with van der Waals surface area (Å²) in [4.78, 5) is 28.1. The molecule has 5 nitrogen and oxygen atoms in total. The van der Waals surface area contributed by atoms with E-state index in [-0.39, 0.29) is 17.7 Å². The van der Waals surface area contributed by atoms with Crippen molar-refractivity contribution in [2.24, 2.45) is 5.92 Å². The molecule has 0 N–H and O–H groups in total. The van der Waals surface area contributed by atoms with Gasteiger partial charge in [-0.1, -0.05) is 0 Å². The van der Waals surface area contributed by atoms with Gasteiger partial charge in [-0.05, 0) is 76.9 Å². The van der Waals surface area contributed by atoms with Crippen LogP contribution in [-0.2, 0) is 4.74 Å². The molecule has 2 rings (SSSR count). The summed E-state index contributed by atoms with van der Waals surface area (Å²) in [7, 11) is 1.76. The minimum Gasteiger partial charge on any atom is -0.444 e. The van der Waals surface area contributed by atoms with Crippen molar-refractivity contribution in [3.8, 4) is 0 Å². The number of nitrogens with zero attached hydrogens (tertiary/aromatic N) is 2. The summed E-state index contributed by atoms with van der Waals surface area (Å²) < 4.78 is 18.3. The second-order valence-electron chi connectivity index (χ2n) is 8.01. The van der Waals surface area contributed by atoms with Crippen molar-refractivity contribution < 1.29 is 18.7 Å². The average Bonchev–Trinajstić information content (AvgIpc) is 2.55. The zero-order valence-corrected chi connectivity index (χ0v) is 16.1. The maximum Gasteiger partial charge on any atom is 0.410 e. The summed E-state index contributed by atoms with van der Waals surface area (Å²) >= 11 is 0. The van der Waals surface area contributed by atoms with Crippen molar-refractivity contribution in [3.05, 3.63) is 35.6 Å². The van der Waals surface area contributed by atoms with Gasteiger partial charge < -0.3 is 9.64 Å². The number of halogens is 1. The number of hydrogen-bond donors (Lipinski definition) is 0. The molecule has 1 aromatic carbocycles. The number of ether oxygens (including phenoxy) is 1. The van der Waals surface area contributed by atoms with Crippen LogP contribution >= 0.6 is 0 Å². The van der Waals surface area contributed by atoms with Crippen LogP contribution in [0.5, 0.6) is 0 Å². The van der Waals surface area contributed by atoms with Crippen molar-refractivity contribution in [1.82, 2.24) is 9.80 Å². The molecular weight excluding hydrogens is 335 g/mol. The number of amides is 1. The Bertz CT molecular complexity index is 617. The molecule has 1 aliphatic heterocycles. The fourth-order valence-electron chi connectivity index (χ4n) is 3.06. The van der Waals surface area contributed by atoms with Crippen LogP contribution in [0.3, 0.4) is 0 Å². The topological polar surface area (TPSA) is 49.9 Å². The van der Waals surface area contributed by atoms with Crippen LogP contribution in [0.15, 0.2) is 24.3 Å². The average molecular weight is 364 g/mol. The van der Waals surface area contributed by atoms with Crippen molar-refractivity contribution in [2.75, 3.05) is 33.2 Å². The van der Waals surface area contributed by atoms with Gasteiger partial charge in [-0.15, -0.1) is 0 Å². The molecule has 0 unspecified atom stereocenters. The second kappa shape index (κ2) is 8.62. The predicted molar refractivity (Wildman–Crippen MR) is 98.8 cm³/mol. The van der Waals surface area contributed by atoms with Crippen LogP contribution in [0, 0.1) is 11.7 Å². The highest BCUT2D eigenvalue weighted by atomic mass is 19.1. The SMILES string of the molecule is CN(CC1CCN(CC(=O)c2ccc(F)cc2)CC1)C(=O)OC(C)(C)C. The fourth-order valence-corrected chi connectivity index (χ4v) is 3.06. The Morgan fingerprint density at radius 3 is 2.31 bits per heavy atom. The lowest BCUT2D eigenvalue weighted by Crippen LogP contribution is -2.42. The zero-order valence-electron chi connectivity index (χ0n) is 16.1. The van der Waals surface area contributed by atoms with Crippen LogP contribution in [0.2, 0.25) is 0 Å². The molecule has 1 amide bonds. The maximum atomic E-state index is 12.9. The third-order valence-electron chi connectivity index (χ3n) is 4.48. The Labute approximate surface area is 155 Å². The number of rotatable bonds is 5. The molecule has 6 heteroatoms. The highest BCUT2D eigenvalue weighted by Gasteiger charge is 2.25. The normalized spacial score (nSPS) is 16.3. The summed E-state index contributed by atoms with van der Waals surface area (Å²) in [6, 6.07) is 5.68. The molecule has 1 saturated heterocycles. The van der Waals surface area contributed by atoms with Gasteiger partial charge in [-0.3, -0.25) is 9.69 Å². The fraction of sp³-hybridized carbons (Fsp3) is 0.600. The molecule has 1 aromatic rings.